The van der Waals surface area contributed by atoms with E-state index in [0.29, 0.717) is 5.16 Å². The van der Waals surface area contributed by atoms with E-state index in [9.17, 15) is 4.79 Å². The molecular formula is C19H20N4OS. The predicted octanol–water partition coefficient (Wildman–Crippen LogP) is 4.15. The normalized spacial score (nSPS) is 11.9. The van der Waals surface area contributed by atoms with Crippen molar-refractivity contribution in [3.05, 3.63) is 60.4 Å². The van der Waals surface area contributed by atoms with Crippen LogP contribution >= 0.6 is 11.8 Å². The zero-order chi connectivity index (χ0) is 17.6. The summed E-state index contributed by atoms with van der Waals surface area (Å²) in [5.74, 6) is 0.751. The highest BCUT2D eigenvalue weighted by atomic mass is 32.2. The maximum atomic E-state index is 12.6. The number of anilines is 1. The molecule has 0 aliphatic heterocycles. The van der Waals surface area contributed by atoms with Crippen molar-refractivity contribution in [2.75, 3.05) is 5.32 Å². The molecule has 1 aromatic heterocycles. The van der Waals surface area contributed by atoms with Crippen molar-refractivity contribution in [1.82, 2.24) is 15.2 Å². The topological polar surface area (TPSA) is 70.7 Å². The molecule has 1 amide bonds. The molecule has 6 heteroatoms. The SMILES string of the molecule is CCc1nc(SC(C)C(=O)Nc2ccccc2-c2ccccc2)n[nH]1. The first-order valence-corrected chi connectivity index (χ1v) is 9.08. The lowest BCUT2D eigenvalue weighted by atomic mass is 10.0. The highest BCUT2D eigenvalue weighted by Gasteiger charge is 2.18. The van der Waals surface area contributed by atoms with E-state index in [1.54, 1.807) is 0 Å². The van der Waals surface area contributed by atoms with Crippen molar-refractivity contribution in [2.24, 2.45) is 0 Å². The standard InChI is InChI=1S/C19H20N4OS/c1-3-17-21-19(23-22-17)25-13(2)18(24)20-16-12-8-7-11-15(16)14-9-5-4-6-10-14/h4-13H,3H2,1-2H3,(H,20,24)(H,21,22,23). The number of aromatic nitrogens is 3. The average Bonchev–Trinajstić information content (AvgIpc) is 3.10. The number of nitrogens with zero attached hydrogens (tertiary/aromatic N) is 2. The molecule has 0 saturated carbocycles. The minimum Gasteiger partial charge on any atom is -0.325 e. The summed E-state index contributed by atoms with van der Waals surface area (Å²) in [6, 6.07) is 17.8. The Labute approximate surface area is 151 Å². The average molecular weight is 352 g/mol. The third-order valence-electron chi connectivity index (χ3n) is 3.77. The Bertz CT molecular complexity index is 847. The maximum Gasteiger partial charge on any atom is 0.237 e. The second-order valence-electron chi connectivity index (χ2n) is 5.58. The number of thioether (sulfide) groups is 1. The summed E-state index contributed by atoms with van der Waals surface area (Å²) in [5.41, 5.74) is 2.87. The summed E-state index contributed by atoms with van der Waals surface area (Å²) in [4.78, 5) is 16.9. The minimum atomic E-state index is -0.302. The number of H-pyrrole nitrogens is 1. The number of amides is 1. The van der Waals surface area contributed by atoms with Crippen molar-refractivity contribution in [2.45, 2.75) is 30.7 Å². The highest BCUT2D eigenvalue weighted by Crippen LogP contribution is 2.28. The fourth-order valence-electron chi connectivity index (χ4n) is 2.40. The van der Waals surface area contributed by atoms with Crippen LogP contribution in [0.2, 0.25) is 0 Å². The first-order valence-electron chi connectivity index (χ1n) is 8.20. The van der Waals surface area contributed by atoms with Crippen molar-refractivity contribution < 1.29 is 4.79 Å². The second kappa shape index (κ2) is 7.98. The highest BCUT2D eigenvalue weighted by molar-refractivity contribution is 8.00. The smallest absolute Gasteiger partial charge is 0.237 e. The molecule has 2 N–H and O–H groups in total. The number of rotatable bonds is 6. The molecule has 0 aliphatic rings. The molecule has 1 heterocycles. The molecule has 3 aromatic rings. The molecule has 2 aromatic carbocycles. The lowest BCUT2D eigenvalue weighted by Gasteiger charge is -2.14. The molecular weight excluding hydrogens is 332 g/mol. The third kappa shape index (κ3) is 4.28. The van der Waals surface area contributed by atoms with Crippen LogP contribution in [0.1, 0.15) is 19.7 Å². The van der Waals surface area contributed by atoms with Crippen molar-refractivity contribution in [3.8, 4) is 11.1 Å². The van der Waals surface area contributed by atoms with Gasteiger partial charge in [-0.1, -0.05) is 67.2 Å². The van der Waals surface area contributed by atoms with Gasteiger partial charge in [0, 0.05) is 17.7 Å². The minimum absolute atomic E-state index is 0.0729. The molecule has 0 bridgehead atoms. The lowest BCUT2D eigenvalue weighted by Crippen LogP contribution is -2.22. The third-order valence-corrected chi connectivity index (χ3v) is 4.73. The zero-order valence-electron chi connectivity index (χ0n) is 14.2. The number of carbonyl (C=O) groups excluding carboxylic acids is 1. The van der Waals surface area contributed by atoms with Crippen molar-refractivity contribution in [1.29, 1.82) is 0 Å². The van der Waals surface area contributed by atoms with Crippen LogP contribution in [0, 0.1) is 0 Å². The van der Waals surface area contributed by atoms with Crippen LogP contribution in [0.4, 0.5) is 5.69 Å². The van der Waals surface area contributed by atoms with Crippen LogP contribution in [-0.2, 0) is 11.2 Å². The van der Waals surface area contributed by atoms with Gasteiger partial charge >= 0.3 is 0 Å². The van der Waals surface area contributed by atoms with Crippen molar-refractivity contribution >= 4 is 23.4 Å². The van der Waals surface area contributed by atoms with Gasteiger partial charge in [0.2, 0.25) is 11.1 Å². The van der Waals surface area contributed by atoms with Gasteiger partial charge in [0.1, 0.15) is 5.82 Å². The summed E-state index contributed by atoms with van der Waals surface area (Å²) >= 11 is 1.34. The number of hydrogen-bond donors (Lipinski definition) is 2. The number of aromatic amines is 1. The Morgan fingerprint density at radius 3 is 2.60 bits per heavy atom. The molecule has 0 aliphatic carbocycles. The van der Waals surface area contributed by atoms with Gasteiger partial charge in [0.05, 0.1) is 5.25 Å². The molecule has 128 valence electrons. The maximum absolute atomic E-state index is 12.6. The molecule has 0 radical (unpaired) electrons. The Hall–Kier alpha value is -2.60. The Morgan fingerprint density at radius 1 is 1.16 bits per heavy atom. The van der Waals surface area contributed by atoms with Crippen LogP contribution in [-0.4, -0.2) is 26.3 Å². The Morgan fingerprint density at radius 2 is 1.88 bits per heavy atom. The van der Waals surface area contributed by atoms with E-state index < -0.39 is 0 Å². The first kappa shape index (κ1) is 17.2. The van der Waals surface area contributed by atoms with Gasteiger partial charge in [-0.15, -0.1) is 5.10 Å². The van der Waals surface area contributed by atoms with Gasteiger partial charge in [0.15, 0.2) is 0 Å². The quantitative estimate of drug-likeness (QED) is 0.654. The van der Waals surface area contributed by atoms with Gasteiger partial charge in [-0.3, -0.25) is 9.89 Å². The molecule has 3 rings (SSSR count). The number of para-hydroxylation sites is 1. The van der Waals surface area contributed by atoms with Gasteiger partial charge in [-0.25, -0.2) is 4.98 Å². The van der Waals surface area contributed by atoms with Gasteiger partial charge in [-0.05, 0) is 18.6 Å². The van der Waals surface area contributed by atoms with E-state index in [4.69, 9.17) is 0 Å². The van der Waals surface area contributed by atoms with Crippen LogP contribution in [0.25, 0.3) is 11.1 Å². The van der Waals surface area contributed by atoms with E-state index in [2.05, 4.69) is 20.5 Å². The number of carbonyl (C=O) groups is 1. The van der Waals surface area contributed by atoms with E-state index in [1.807, 2.05) is 68.4 Å². The van der Waals surface area contributed by atoms with E-state index in [1.165, 1.54) is 11.8 Å². The molecule has 0 saturated heterocycles. The predicted molar refractivity (Wildman–Crippen MR) is 102 cm³/mol. The molecule has 1 unspecified atom stereocenters. The largest absolute Gasteiger partial charge is 0.325 e. The van der Waals surface area contributed by atoms with Gasteiger partial charge in [-0.2, -0.15) is 0 Å². The fourth-order valence-corrected chi connectivity index (χ4v) is 3.14. The van der Waals surface area contributed by atoms with Crippen molar-refractivity contribution in [3.63, 3.8) is 0 Å². The fraction of sp³-hybridized carbons (Fsp3) is 0.211. The molecule has 1 atom stereocenters. The first-order chi connectivity index (χ1) is 12.2. The number of benzene rings is 2. The number of nitrogens with one attached hydrogen (secondary N) is 2. The van der Waals surface area contributed by atoms with Gasteiger partial charge < -0.3 is 5.32 Å². The molecule has 25 heavy (non-hydrogen) atoms. The summed E-state index contributed by atoms with van der Waals surface area (Å²) in [6.45, 7) is 3.86. The Balaban J connectivity index is 1.72. The molecule has 0 fully saturated rings. The summed E-state index contributed by atoms with van der Waals surface area (Å²) in [6.07, 6.45) is 0.790. The number of hydrogen-bond acceptors (Lipinski definition) is 4. The van der Waals surface area contributed by atoms with Crippen LogP contribution in [0.3, 0.4) is 0 Å². The number of aryl methyl sites for hydroxylation is 1. The monoisotopic (exact) mass is 352 g/mol. The van der Waals surface area contributed by atoms with Gasteiger partial charge in [0.25, 0.3) is 0 Å². The van der Waals surface area contributed by atoms with E-state index >= 15 is 0 Å². The van der Waals surface area contributed by atoms with Crippen LogP contribution < -0.4 is 5.32 Å². The van der Waals surface area contributed by atoms with E-state index in [0.717, 1.165) is 29.1 Å². The molecule has 5 nitrogen and oxygen atoms in total. The summed E-state index contributed by atoms with van der Waals surface area (Å²) in [5, 5.41) is 10.3. The van der Waals surface area contributed by atoms with E-state index in [-0.39, 0.29) is 11.2 Å². The summed E-state index contributed by atoms with van der Waals surface area (Å²) in [7, 11) is 0. The Kier molecular flexibility index (Phi) is 5.50. The van der Waals surface area contributed by atoms with Crippen LogP contribution in [0.5, 0.6) is 0 Å². The van der Waals surface area contributed by atoms with Crippen LogP contribution in [0.15, 0.2) is 59.8 Å². The lowest BCUT2D eigenvalue weighted by molar-refractivity contribution is -0.115. The molecule has 0 spiro atoms. The zero-order valence-corrected chi connectivity index (χ0v) is 15.0. The summed E-state index contributed by atoms with van der Waals surface area (Å²) < 4.78 is 0. The second-order valence-corrected chi connectivity index (χ2v) is 6.89.